The van der Waals surface area contributed by atoms with Crippen LogP contribution < -0.4 is 15.4 Å². The zero-order chi connectivity index (χ0) is 19.4. The van der Waals surface area contributed by atoms with Crippen molar-refractivity contribution in [1.82, 2.24) is 15.5 Å². The van der Waals surface area contributed by atoms with Gasteiger partial charge in [-0.2, -0.15) is 0 Å². The molecule has 0 saturated heterocycles. The fraction of sp³-hybridized carbons (Fsp3) is 0.600. The quantitative estimate of drug-likeness (QED) is 0.495. The summed E-state index contributed by atoms with van der Waals surface area (Å²) in [7, 11) is 3.47. The van der Waals surface area contributed by atoms with Gasteiger partial charge in [0.15, 0.2) is 5.96 Å². The average molecular weight is 363 g/mol. The second-order valence-electron chi connectivity index (χ2n) is 6.90. The Balaban J connectivity index is 2.56. The lowest BCUT2D eigenvalue weighted by molar-refractivity contribution is -0.127. The molecule has 0 aromatic heterocycles. The highest BCUT2D eigenvalue weighted by molar-refractivity contribution is 5.84. The number of hydrogen-bond donors (Lipinski definition) is 2. The lowest BCUT2D eigenvalue weighted by Crippen LogP contribution is -2.41. The number of amides is 1. The molecule has 0 aliphatic rings. The second kappa shape index (κ2) is 12.2. The largest absolute Gasteiger partial charge is 0.494 e. The summed E-state index contributed by atoms with van der Waals surface area (Å²) < 4.78 is 5.68. The Hall–Kier alpha value is -2.24. The van der Waals surface area contributed by atoms with Gasteiger partial charge in [-0.3, -0.25) is 4.79 Å². The summed E-state index contributed by atoms with van der Waals surface area (Å²) in [5, 5.41) is 6.59. The first-order chi connectivity index (χ1) is 12.4. The molecule has 1 rings (SSSR count). The van der Waals surface area contributed by atoms with E-state index >= 15 is 0 Å². The highest BCUT2D eigenvalue weighted by atomic mass is 16.5. The number of rotatable bonds is 10. The van der Waals surface area contributed by atoms with Crippen LogP contribution in [-0.4, -0.2) is 57.1 Å². The van der Waals surface area contributed by atoms with Gasteiger partial charge in [0.1, 0.15) is 12.3 Å². The highest BCUT2D eigenvalue weighted by Gasteiger charge is 2.05. The summed E-state index contributed by atoms with van der Waals surface area (Å²) in [6.45, 7) is 8.78. The molecule has 1 aromatic carbocycles. The lowest BCUT2D eigenvalue weighted by atomic mass is 10.1. The Morgan fingerprint density at radius 2 is 2.04 bits per heavy atom. The van der Waals surface area contributed by atoms with E-state index in [-0.39, 0.29) is 12.5 Å². The van der Waals surface area contributed by atoms with Crippen LogP contribution in [0.4, 0.5) is 0 Å². The fourth-order valence-electron chi connectivity index (χ4n) is 2.10. The number of benzene rings is 1. The summed E-state index contributed by atoms with van der Waals surface area (Å²) in [6.07, 6.45) is 1.85. The minimum absolute atomic E-state index is 0.0172. The van der Waals surface area contributed by atoms with Crippen LogP contribution >= 0.6 is 0 Å². The molecule has 26 heavy (non-hydrogen) atoms. The first kappa shape index (κ1) is 21.8. The van der Waals surface area contributed by atoms with Gasteiger partial charge in [0.05, 0.1) is 6.61 Å². The van der Waals surface area contributed by atoms with E-state index in [1.54, 1.807) is 19.0 Å². The highest BCUT2D eigenvalue weighted by Crippen LogP contribution is 2.13. The van der Waals surface area contributed by atoms with E-state index in [2.05, 4.69) is 48.5 Å². The Kier molecular flexibility index (Phi) is 10.2. The van der Waals surface area contributed by atoms with Crippen LogP contribution in [-0.2, 0) is 11.2 Å². The zero-order valence-corrected chi connectivity index (χ0v) is 16.8. The van der Waals surface area contributed by atoms with E-state index in [1.165, 1.54) is 5.56 Å². The predicted molar refractivity (Wildman–Crippen MR) is 108 cm³/mol. The maximum absolute atomic E-state index is 11.8. The predicted octanol–water partition coefficient (Wildman–Crippen LogP) is 2.30. The summed E-state index contributed by atoms with van der Waals surface area (Å²) in [5.41, 5.74) is 1.21. The molecule has 2 N–H and O–H groups in total. The maximum atomic E-state index is 11.8. The van der Waals surface area contributed by atoms with E-state index in [0.717, 1.165) is 38.3 Å². The van der Waals surface area contributed by atoms with Crippen LogP contribution in [0.25, 0.3) is 0 Å². The zero-order valence-electron chi connectivity index (χ0n) is 16.8. The van der Waals surface area contributed by atoms with Gasteiger partial charge in [-0.15, -0.1) is 0 Å². The summed E-state index contributed by atoms with van der Waals surface area (Å²) >= 11 is 0. The van der Waals surface area contributed by atoms with Crippen molar-refractivity contribution in [3.05, 3.63) is 29.8 Å². The second-order valence-corrected chi connectivity index (χ2v) is 6.90. The Morgan fingerprint density at radius 3 is 2.69 bits per heavy atom. The van der Waals surface area contributed by atoms with Gasteiger partial charge in [0, 0.05) is 27.2 Å². The standard InChI is InChI=1S/C20H34N4O2/c1-6-12-26-18-9-7-8-17(13-18)10-11-21-20(22-14-16(2)3)23-15-19(25)24(4)5/h7-9,13,16H,6,10-12,14-15H2,1-5H3,(H2,21,22,23). The number of ether oxygens (including phenoxy) is 1. The molecule has 1 amide bonds. The number of likely N-dealkylation sites (N-methyl/N-ethyl adjacent to an activating group) is 1. The number of carbonyl (C=O) groups is 1. The van der Waals surface area contributed by atoms with Crippen molar-refractivity contribution in [1.29, 1.82) is 0 Å². The van der Waals surface area contributed by atoms with Crippen molar-refractivity contribution in [2.75, 3.05) is 40.3 Å². The van der Waals surface area contributed by atoms with Gasteiger partial charge in [0.25, 0.3) is 0 Å². The number of nitrogens with zero attached hydrogens (tertiary/aromatic N) is 2. The monoisotopic (exact) mass is 362 g/mol. The number of hydrogen-bond acceptors (Lipinski definition) is 3. The van der Waals surface area contributed by atoms with Crippen LogP contribution in [0.1, 0.15) is 32.8 Å². The van der Waals surface area contributed by atoms with E-state index in [4.69, 9.17) is 4.74 Å². The molecule has 0 bridgehead atoms. The molecule has 0 heterocycles. The molecule has 6 heteroatoms. The number of aliphatic imine (C=N–C) groups is 1. The van der Waals surface area contributed by atoms with Crippen molar-refractivity contribution in [2.45, 2.75) is 33.6 Å². The smallest absolute Gasteiger partial charge is 0.243 e. The summed E-state index contributed by atoms with van der Waals surface area (Å²) in [5.74, 6) is 2.07. The number of guanidine groups is 1. The van der Waals surface area contributed by atoms with Gasteiger partial charge >= 0.3 is 0 Å². The van der Waals surface area contributed by atoms with Crippen LogP contribution in [0.2, 0.25) is 0 Å². The fourth-order valence-corrected chi connectivity index (χ4v) is 2.10. The molecule has 0 aliphatic heterocycles. The minimum Gasteiger partial charge on any atom is -0.494 e. The molecule has 1 aromatic rings. The van der Waals surface area contributed by atoms with Crippen molar-refractivity contribution < 1.29 is 9.53 Å². The average Bonchev–Trinajstić information content (AvgIpc) is 2.61. The van der Waals surface area contributed by atoms with E-state index in [9.17, 15) is 4.79 Å². The molecule has 0 aliphatic carbocycles. The van der Waals surface area contributed by atoms with Gasteiger partial charge < -0.3 is 20.3 Å². The number of nitrogens with one attached hydrogen (secondary N) is 2. The maximum Gasteiger partial charge on any atom is 0.243 e. The molecule has 0 unspecified atom stereocenters. The molecule has 0 spiro atoms. The topological polar surface area (TPSA) is 66.0 Å². The van der Waals surface area contributed by atoms with Gasteiger partial charge in [-0.25, -0.2) is 4.99 Å². The SMILES string of the molecule is CCCOc1cccc(CCNC(=NCC(=O)N(C)C)NCC(C)C)c1. The minimum atomic E-state index is -0.0172. The Morgan fingerprint density at radius 1 is 1.27 bits per heavy atom. The molecular formula is C20H34N4O2. The summed E-state index contributed by atoms with van der Waals surface area (Å²) in [4.78, 5) is 17.7. The van der Waals surface area contributed by atoms with Crippen LogP contribution in [0, 0.1) is 5.92 Å². The molecule has 146 valence electrons. The third kappa shape index (κ3) is 9.30. The third-order valence-corrected chi connectivity index (χ3v) is 3.63. The first-order valence-corrected chi connectivity index (χ1v) is 9.36. The van der Waals surface area contributed by atoms with Crippen molar-refractivity contribution >= 4 is 11.9 Å². The van der Waals surface area contributed by atoms with Crippen molar-refractivity contribution in [3.8, 4) is 5.75 Å². The Labute approximate surface area is 158 Å². The molecule has 0 saturated carbocycles. The van der Waals surface area contributed by atoms with Gasteiger partial charge in [-0.1, -0.05) is 32.9 Å². The summed E-state index contributed by atoms with van der Waals surface area (Å²) in [6, 6.07) is 8.16. The van der Waals surface area contributed by atoms with Crippen molar-refractivity contribution in [2.24, 2.45) is 10.9 Å². The normalized spacial score (nSPS) is 11.4. The lowest BCUT2D eigenvalue weighted by Gasteiger charge is -2.15. The molecule has 0 fully saturated rings. The van der Waals surface area contributed by atoms with Gasteiger partial charge in [0.2, 0.25) is 5.91 Å². The van der Waals surface area contributed by atoms with E-state index in [0.29, 0.717) is 11.9 Å². The molecule has 6 nitrogen and oxygen atoms in total. The number of carbonyl (C=O) groups excluding carboxylic acids is 1. The van der Waals surface area contributed by atoms with Crippen LogP contribution in [0.15, 0.2) is 29.3 Å². The Bertz CT molecular complexity index is 571. The van der Waals surface area contributed by atoms with E-state index < -0.39 is 0 Å². The van der Waals surface area contributed by atoms with Crippen LogP contribution in [0.3, 0.4) is 0 Å². The van der Waals surface area contributed by atoms with Crippen molar-refractivity contribution in [3.63, 3.8) is 0 Å². The molecule has 0 atom stereocenters. The molecule has 0 radical (unpaired) electrons. The molecular weight excluding hydrogens is 328 g/mol. The van der Waals surface area contributed by atoms with Crippen LogP contribution in [0.5, 0.6) is 5.75 Å². The first-order valence-electron chi connectivity index (χ1n) is 9.36. The van der Waals surface area contributed by atoms with E-state index in [1.807, 2.05) is 12.1 Å². The van der Waals surface area contributed by atoms with Gasteiger partial charge in [-0.05, 0) is 36.5 Å². The third-order valence-electron chi connectivity index (χ3n) is 3.63.